The normalized spacial score (nSPS) is 10.4. The second-order valence-corrected chi connectivity index (χ2v) is 6.43. The number of hydrogen-bond donors (Lipinski definition) is 1. The summed E-state index contributed by atoms with van der Waals surface area (Å²) in [4.78, 5) is 23.1. The molecule has 0 unspecified atom stereocenters. The summed E-state index contributed by atoms with van der Waals surface area (Å²) in [5.41, 5.74) is 0.280. The molecule has 4 nitrogen and oxygen atoms in total. The van der Waals surface area contributed by atoms with Gasteiger partial charge in [-0.05, 0) is 59.6 Å². The monoisotopic (exact) mass is 374 g/mol. The molecule has 1 aromatic rings. The van der Waals surface area contributed by atoms with Gasteiger partial charge in [0.05, 0.1) is 12.2 Å². The maximum absolute atomic E-state index is 11.1. The first kappa shape index (κ1) is 18.0. The van der Waals surface area contributed by atoms with Crippen LogP contribution in [0.4, 0.5) is 0 Å². The van der Waals surface area contributed by atoms with Crippen molar-refractivity contribution in [3.63, 3.8) is 0 Å². The third-order valence-electron chi connectivity index (χ3n) is 2.77. The fraction of sp³-hybridized carbons (Fsp3) is 0.467. The molecule has 0 saturated carbocycles. The predicted molar refractivity (Wildman–Crippen MR) is 86.9 cm³/mol. The molecule has 0 aliphatic rings. The zero-order valence-corrected chi connectivity index (χ0v) is 14.3. The van der Waals surface area contributed by atoms with Crippen LogP contribution in [-0.4, -0.2) is 29.4 Å². The summed E-state index contributed by atoms with van der Waals surface area (Å²) in [5, 5.41) is 9.04. The Morgan fingerprint density at radius 1 is 1.29 bits per heavy atom. The molecule has 1 rings (SSSR count). The molecule has 0 spiro atoms. The van der Waals surface area contributed by atoms with E-state index in [9.17, 15) is 9.59 Å². The minimum absolute atomic E-state index is 0.135. The van der Waals surface area contributed by atoms with Crippen LogP contribution in [0.2, 0.25) is 0 Å². The van der Waals surface area contributed by atoms with Gasteiger partial charge >= 0.3 is 11.9 Å². The number of carboxylic acids is 1. The SMILES string of the molecule is CCOC(=O)CCCCCSc1ccc(Br)c(C(=O)O)c1. The van der Waals surface area contributed by atoms with Crippen LogP contribution in [0, 0.1) is 0 Å². The lowest BCUT2D eigenvalue weighted by molar-refractivity contribution is -0.143. The first-order chi connectivity index (χ1) is 10.0. The number of carbonyl (C=O) groups is 2. The molecule has 0 fully saturated rings. The number of carboxylic acid groups (broad SMARTS) is 1. The summed E-state index contributed by atoms with van der Waals surface area (Å²) in [6.07, 6.45) is 3.26. The van der Waals surface area contributed by atoms with E-state index in [1.54, 1.807) is 30.8 Å². The van der Waals surface area contributed by atoms with Crippen LogP contribution >= 0.6 is 27.7 Å². The van der Waals surface area contributed by atoms with E-state index in [0.717, 1.165) is 29.9 Å². The van der Waals surface area contributed by atoms with Gasteiger partial charge < -0.3 is 9.84 Å². The van der Waals surface area contributed by atoms with Crippen molar-refractivity contribution in [2.45, 2.75) is 37.5 Å². The quantitative estimate of drug-likeness (QED) is 0.395. The average Bonchev–Trinajstić information content (AvgIpc) is 2.44. The van der Waals surface area contributed by atoms with E-state index in [-0.39, 0.29) is 11.5 Å². The molecule has 116 valence electrons. The smallest absolute Gasteiger partial charge is 0.336 e. The molecule has 0 aliphatic carbocycles. The first-order valence-electron chi connectivity index (χ1n) is 6.86. The van der Waals surface area contributed by atoms with Crippen LogP contribution in [-0.2, 0) is 9.53 Å². The lowest BCUT2D eigenvalue weighted by Gasteiger charge is -2.05. The molecule has 0 bridgehead atoms. The van der Waals surface area contributed by atoms with Crippen LogP contribution in [0.25, 0.3) is 0 Å². The first-order valence-corrected chi connectivity index (χ1v) is 8.63. The second kappa shape index (κ2) is 9.84. The number of aromatic carboxylic acids is 1. The van der Waals surface area contributed by atoms with Crippen LogP contribution in [0.3, 0.4) is 0 Å². The summed E-state index contributed by atoms with van der Waals surface area (Å²) in [6, 6.07) is 5.34. The Morgan fingerprint density at radius 3 is 2.71 bits per heavy atom. The average molecular weight is 375 g/mol. The third kappa shape index (κ3) is 7.00. The summed E-state index contributed by atoms with van der Waals surface area (Å²) in [6.45, 7) is 2.24. The maximum atomic E-state index is 11.1. The molecular weight excluding hydrogens is 356 g/mol. The van der Waals surface area contributed by atoms with Crippen LogP contribution in [0.15, 0.2) is 27.6 Å². The minimum atomic E-state index is -0.932. The number of unbranched alkanes of at least 4 members (excludes halogenated alkanes) is 2. The molecule has 1 N–H and O–H groups in total. The number of thioether (sulfide) groups is 1. The van der Waals surface area contributed by atoms with Crippen molar-refractivity contribution < 1.29 is 19.4 Å². The van der Waals surface area contributed by atoms with Crippen molar-refractivity contribution in [1.29, 1.82) is 0 Å². The standard InChI is InChI=1S/C15H19BrO4S/c1-2-20-14(17)6-4-3-5-9-21-11-7-8-13(16)12(10-11)15(18)19/h7-8,10H,2-6,9H2,1H3,(H,18,19). The van der Waals surface area contributed by atoms with E-state index in [1.807, 2.05) is 6.07 Å². The highest BCUT2D eigenvalue weighted by Crippen LogP contribution is 2.25. The number of halogens is 1. The second-order valence-electron chi connectivity index (χ2n) is 4.41. The Labute approximate surface area is 137 Å². The number of ether oxygens (including phenoxy) is 1. The number of carbonyl (C=O) groups excluding carboxylic acids is 1. The molecule has 6 heteroatoms. The molecule has 1 aromatic carbocycles. The fourth-order valence-electron chi connectivity index (χ4n) is 1.73. The van der Waals surface area contributed by atoms with Gasteiger partial charge in [-0.2, -0.15) is 0 Å². The molecular formula is C15H19BrO4S. The predicted octanol–water partition coefficient (Wildman–Crippen LogP) is 4.36. The number of hydrogen-bond acceptors (Lipinski definition) is 4. The highest BCUT2D eigenvalue weighted by Gasteiger charge is 2.09. The van der Waals surface area contributed by atoms with Gasteiger partial charge in [0.25, 0.3) is 0 Å². The molecule has 0 aliphatic heterocycles. The minimum Gasteiger partial charge on any atom is -0.478 e. The topological polar surface area (TPSA) is 63.6 Å². The van der Waals surface area contributed by atoms with Crippen LogP contribution < -0.4 is 0 Å². The molecule has 0 atom stereocenters. The van der Waals surface area contributed by atoms with Crippen molar-refractivity contribution in [2.24, 2.45) is 0 Å². The number of benzene rings is 1. The van der Waals surface area contributed by atoms with Gasteiger partial charge in [0.15, 0.2) is 0 Å². The zero-order valence-electron chi connectivity index (χ0n) is 11.9. The van der Waals surface area contributed by atoms with Gasteiger partial charge in [-0.15, -0.1) is 11.8 Å². The van der Waals surface area contributed by atoms with Crippen molar-refractivity contribution in [2.75, 3.05) is 12.4 Å². The highest BCUT2D eigenvalue weighted by atomic mass is 79.9. The van der Waals surface area contributed by atoms with Gasteiger partial charge in [0.1, 0.15) is 0 Å². The van der Waals surface area contributed by atoms with Gasteiger partial charge in [-0.25, -0.2) is 4.79 Å². The molecule has 21 heavy (non-hydrogen) atoms. The van der Waals surface area contributed by atoms with E-state index in [2.05, 4.69) is 15.9 Å². The Kier molecular flexibility index (Phi) is 8.45. The Balaban J connectivity index is 2.26. The van der Waals surface area contributed by atoms with E-state index in [0.29, 0.717) is 17.5 Å². The molecule has 0 heterocycles. The Morgan fingerprint density at radius 2 is 2.05 bits per heavy atom. The zero-order chi connectivity index (χ0) is 15.7. The lowest BCUT2D eigenvalue weighted by atomic mass is 10.2. The molecule has 0 radical (unpaired) electrons. The van der Waals surface area contributed by atoms with Crippen LogP contribution in [0.5, 0.6) is 0 Å². The summed E-state index contributed by atoms with van der Waals surface area (Å²) in [5.74, 6) is -0.160. The molecule has 0 saturated heterocycles. The van der Waals surface area contributed by atoms with Crippen molar-refractivity contribution >= 4 is 39.6 Å². The van der Waals surface area contributed by atoms with E-state index >= 15 is 0 Å². The highest BCUT2D eigenvalue weighted by molar-refractivity contribution is 9.10. The number of esters is 1. The van der Waals surface area contributed by atoms with Gasteiger partial charge in [0.2, 0.25) is 0 Å². The fourth-order valence-corrected chi connectivity index (χ4v) is 3.10. The Hall–Kier alpha value is -1.01. The van der Waals surface area contributed by atoms with Crippen molar-refractivity contribution in [3.8, 4) is 0 Å². The summed E-state index contributed by atoms with van der Waals surface area (Å²) < 4.78 is 5.45. The van der Waals surface area contributed by atoms with Gasteiger partial charge in [0, 0.05) is 15.8 Å². The van der Waals surface area contributed by atoms with Crippen LogP contribution in [0.1, 0.15) is 43.0 Å². The van der Waals surface area contributed by atoms with Crippen molar-refractivity contribution in [3.05, 3.63) is 28.2 Å². The Bertz CT molecular complexity index is 491. The van der Waals surface area contributed by atoms with E-state index < -0.39 is 5.97 Å². The number of rotatable bonds is 9. The maximum Gasteiger partial charge on any atom is 0.336 e. The molecule has 0 aromatic heterocycles. The summed E-state index contributed by atoms with van der Waals surface area (Å²) >= 11 is 4.86. The van der Waals surface area contributed by atoms with E-state index in [1.165, 1.54) is 0 Å². The third-order valence-corrected chi connectivity index (χ3v) is 4.54. The summed E-state index contributed by atoms with van der Waals surface area (Å²) in [7, 11) is 0. The largest absolute Gasteiger partial charge is 0.478 e. The van der Waals surface area contributed by atoms with Gasteiger partial charge in [-0.1, -0.05) is 6.42 Å². The van der Waals surface area contributed by atoms with Crippen molar-refractivity contribution in [1.82, 2.24) is 0 Å². The molecule has 0 amide bonds. The van der Waals surface area contributed by atoms with Gasteiger partial charge in [-0.3, -0.25) is 4.79 Å². The van der Waals surface area contributed by atoms with E-state index in [4.69, 9.17) is 9.84 Å². The lowest BCUT2D eigenvalue weighted by Crippen LogP contribution is -2.03.